The molecule has 4 atom stereocenters. The second-order valence-electron chi connectivity index (χ2n) is 6.65. The summed E-state index contributed by atoms with van der Waals surface area (Å²) in [6.45, 7) is 1.95. The number of nitrogens with zero attached hydrogens (tertiary/aromatic N) is 3. The molecule has 14 heteroatoms. The summed E-state index contributed by atoms with van der Waals surface area (Å²) >= 11 is 1.25. The maximum absolute atomic E-state index is 12.4. The highest BCUT2D eigenvalue weighted by Crippen LogP contribution is 2.36. The number of aromatic amines is 1. The van der Waals surface area contributed by atoms with Gasteiger partial charge in [-0.25, -0.2) is 4.98 Å². The molecular weight excluding hydrogens is 434 g/mol. The number of aromatic nitrogens is 4. The normalized spacial score (nSPS) is 23.5. The van der Waals surface area contributed by atoms with Gasteiger partial charge in [0.1, 0.15) is 12.2 Å². The first-order valence-corrected chi connectivity index (χ1v) is 10.4. The first kappa shape index (κ1) is 23.4. The van der Waals surface area contributed by atoms with Crippen LogP contribution in [0.15, 0.2) is 9.95 Å². The van der Waals surface area contributed by atoms with Crippen LogP contribution in [0.3, 0.4) is 0 Å². The van der Waals surface area contributed by atoms with E-state index in [1.807, 2.05) is 0 Å². The van der Waals surface area contributed by atoms with E-state index in [2.05, 4.69) is 15.0 Å². The van der Waals surface area contributed by atoms with Crippen molar-refractivity contribution >= 4 is 34.8 Å². The molecule has 0 saturated carbocycles. The second kappa shape index (κ2) is 10.4. The van der Waals surface area contributed by atoms with Gasteiger partial charge in [0.2, 0.25) is 5.95 Å². The van der Waals surface area contributed by atoms with E-state index in [-0.39, 0.29) is 17.1 Å². The minimum Gasteiger partial charge on any atom is -0.455 e. The largest absolute Gasteiger partial charge is 0.455 e. The van der Waals surface area contributed by atoms with Gasteiger partial charge in [0.25, 0.3) is 5.56 Å². The van der Waals surface area contributed by atoms with Gasteiger partial charge in [-0.2, -0.15) is 4.98 Å². The molecule has 0 bridgehead atoms. The van der Waals surface area contributed by atoms with Crippen LogP contribution in [-0.2, 0) is 23.7 Å². The van der Waals surface area contributed by atoms with Crippen LogP contribution in [0.1, 0.15) is 13.2 Å². The Bertz CT molecular complexity index is 966. The number of nitrogens with two attached hydrogens (primary N) is 1. The molecule has 0 aromatic carbocycles. The summed E-state index contributed by atoms with van der Waals surface area (Å²) in [6, 6.07) is 0. The van der Waals surface area contributed by atoms with Crippen molar-refractivity contribution < 1.29 is 34.0 Å². The number of fused-ring (bicyclic) bond motifs is 1. The zero-order valence-corrected chi connectivity index (χ0v) is 17.8. The predicted molar refractivity (Wildman–Crippen MR) is 109 cm³/mol. The van der Waals surface area contributed by atoms with Crippen molar-refractivity contribution in [2.24, 2.45) is 0 Å². The van der Waals surface area contributed by atoms with Gasteiger partial charge in [0.05, 0.1) is 26.4 Å². The van der Waals surface area contributed by atoms with Crippen molar-refractivity contribution in [2.75, 3.05) is 45.0 Å². The number of esters is 1. The molecule has 0 spiro atoms. The molecule has 0 radical (unpaired) electrons. The quantitative estimate of drug-likeness (QED) is 0.186. The van der Waals surface area contributed by atoms with E-state index in [0.717, 1.165) is 0 Å². The number of aliphatic hydroxyl groups is 2. The zero-order valence-electron chi connectivity index (χ0n) is 17.0. The number of ether oxygens (including phenoxy) is 4. The predicted octanol–water partition coefficient (Wildman–Crippen LogP) is -1.36. The number of thioether (sulfide) groups is 1. The molecule has 172 valence electrons. The van der Waals surface area contributed by atoms with Gasteiger partial charge in [-0.05, 0) is 0 Å². The van der Waals surface area contributed by atoms with Gasteiger partial charge in [-0.3, -0.25) is 19.1 Å². The van der Waals surface area contributed by atoms with E-state index >= 15 is 0 Å². The molecule has 1 aliphatic rings. The van der Waals surface area contributed by atoms with Crippen LogP contribution >= 0.6 is 11.8 Å². The van der Waals surface area contributed by atoms with Crippen LogP contribution in [0.5, 0.6) is 0 Å². The number of rotatable bonds is 10. The van der Waals surface area contributed by atoms with Gasteiger partial charge in [-0.15, -0.1) is 0 Å². The molecule has 1 aliphatic heterocycles. The summed E-state index contributed by atoms with van der Waals surface area (Å²) in [4.78, 5) is 34.8. The Kier molecular flexibility index (Phi) is 7.85. The molecule has 31 heavy (non-hydrogen) atoms. The number of hydrogen-bond donors (Lipinski definition) is 4. The molecule has 0 amide bonds. The monoisotopic (exact) mass is 459 g/mol. The Balaban J connectivity index is 1.97. The van der Waals surface area contributed by atoms with Gasteiger partial charge in [-0.1, -0.05) is 11.8 Å². The lowest BCUT2D eigenvalue weighted by molar-refractivity contribution is -0.156. The molecule has 1 saturated heterocycles. The SMILES string of the molecule is COCCOCCSc1nc2c(=O)[nH]c(N)nc2n1[C@@H]1O[C@H](CO)[C@@H](O)[C@H]1OC(C)=O. The Morgan fingerprint density at radius 2 is 2.13 bits per heavy atom. The highest BCUT2D eigenvalue weighted by atomic mass is 32.2. The fourth-order valence-electron chi connectivity index (χ4n) is 3.14. The lowest BCUT2D eigenvalue weighted by atomic mass is 10.1. The summed E-state index contributed by atoms with van der Waals surface area (Å²) < 4.78 is 22.8. The fraction of sp³-hybridized carbons (Fsp3) is 0.647. The Morgan fingerprint density at radius 1 is 1.35 bits per heavy atom. The average Bonchev–Trinajstić information content (AvgIpc) is 3.22. The maximum Gasteiger partial charge on any atom is 0.303 e. The van der Waals surface area contributed by atoms with Crippen LogP contribution in [0, 0.1) is 0 Å². The molecule has 2 aromatic rings. The van der Waals surface area contributed by atoms with E-state index in [1.165, 1.54) is 23.3 Å². The van der Waals surface area contributed by atoms with E-state index in [4.69, 9.17) is 24.7 Å². The third-order valence-corrected chi connectivity index (χ3v) is 5.39. The number of nitrogens with one attached hydrogen (secondary N) is 1. The maximum atomic E-state index is 12.4. The van der Waals surface area contributed by atoms with Crippen LogP contribution < -0.4 is 11.3 Å². The zero-order chi connectivity index (χ0) is 22.5. The van der Waals surface area contributed by atoms with Crippen molar-refractivity contribution in [1.29, 1.82) is 0 Å². The minimum absolute atomic E-state index is 0.00381. The highest BCUT2D eigenvalue weighted by molar-refractivity contribution is 7.99. The van der Waals surface area contributed by atoms with Crippen molar-refractivity contribution in [3.8, 4) is 0 Å². The second-order valence-corrected chi connectivity index (χ2v) is 7.72. The molecule has 13 nitrogen and oxygen atoms in total. The Hall–Kier alpha value is -2.23. The van der Waals surface area contributed by atoms with E-state index in [0.29, 0.717) is 30.7 Å². The number of carbonyl (C=O) groups is 1. The summed E-state index contributed by atoms with van der Waals surface area (Å²) in [6.07, 6.45) is -4.56. The molecule has 2 aromatic heterocycles. The van der Waals surface area contributed by atoms with Crippen LogP contribution in [0.2, 0.25) is 0 Å². The third-order valence-electron chi connectivity index (χ3n) is 4.48. The molecule has 1 fully saturated rings. The van der Waals surface area contributed by atoms with Gasteiger partial charge >= 0.3 is 5.97 Å². The minimum atomic E-state index is -1.30. The molecular formula is C17H25N5O8S. The van der Waals surface area contributed by atoms with E-state index in [9.17, 15) is 19.8 Å². The van der Waals surface area contributed by atoms with Crippen molar-refractivity contribution in [2.45, 2.75) is 36.6 Å². The van der Waals surface area contributed by atoms with Crippen molar-refractivity contribution in [3.05, 3.63) is 10.4 Å². The van der Waals surface area contributed by atoms with Crippen LogP contribution in [0.25, 0.3) is 11.2 Å². The molecule has 3 rings (SSSR count). The van der Waals surface area contributed by atoms with E-state index in [1.54, 1.807) is 7.11 Å². The first-order valence-electron chi connectivity index (χ1n) is 9.46. The highest BCUT2D eigenvalue weighted by Gasteiger charge is 2.48. The summed E-state index contributed by atoms with van der Waals surface area (Å²) in [5.41, 5.74) is 5.25. The molecule has 3 heterocycles. The molecule has 0 aliphatic carbocycles. The number of methoxy groups -OCH3 is 1. The van der Waals surface area contributed by atoms with Gasteiger partial charge in [0, 0.05) is 19.8 Å². The van der Waals surface area contributed by atoms with Gasteiger partial charge < -0.3 is 34.9 Å². The molecule has 5 N–H and O–H groups in total. The standard InChI is InChI=1S/C17H25N5O8S/c1-8(24)29-12-11(25)9(7-23)30-15(12)22-13-10(14(26)21-16(18)20-13)19-17(22)31-6-5-28-4-3-27-2/h9,11-12,15,23,25H,3-7H2,1-2H3,(H3,18,20,21,26)/t9-,11-,12-,15-/m1/s1. The fourth-order valence-corrected chi connectivity index (χ4v) is 4.01. The summed E-state index contributed by atoms with van der Waals surface area (Å²) in [5, 5.41) is 20.4. The lowest BCUT2D eigenvalue weighted by Crippen LogP contribution is -2.36. The van der Waals surface area contributed by atoms with E-state index < -0.39 is 42.7 Å². The van der Waals surface area contributed by atoms with Crippen molar-refractivity contribution in [1.82, 2.24) is 19.5 Å². The number of nitrogen functional groups attached to an aromatic ring is 1. The van der Waals surface area contributed by atoms with Crippen molar-refractivity contribution in [3.63, 3.8) is 0 Å². The van der Waals surface area contributed by atoms with Crippen LogP contribution in [-0.4, -0.2) is 93.3 Å². The van der Waals surface area contributed by atoms with Crippen LogP contribution in [0.4, 0.5) is 5.95 Å². The number of carbonyl (C=O) groups excluding carboxylic acids is 1. The Morgan fingerprint density at radius 3 is 2.81 bits per heavy atom. The summed E-state index contributed by atoms with van der Waals surface area (Å²) in [5.74, 6) is -0.316. The smallest absolute Gasteiger partial charge is 0.303 e. The third kappa shape index (κ3) is 5.16. The average molecular weight is 459 g/mol. The first-order chi connectivity index (χ1) is 14.9. The number of H-pyrrole nitrogens is 1. The Labute approximate surface area is 180 Å². The number of aliphatic hydroxyl groups excluding tert-OH is 2. The number of anilines is 1. The lowest BCUT2D eigenvalue weighted by Gasteiger charge is -2.22. The number of imidazole rings is 1. The number of hydrogen-bond acceptors (Lipinski definition) is 12. The van der Waals surface area contributed by atoms with Gasteiger partial charge in [0.15, 0.2) is 28.7 Å². The topological polar surface area (TPSA) is 184 Å². The summed E-state index contributed by atoms with van der Waals surface area (Å²) in [7, 11) is 1.58. The molecule has 0 unspecified atom stereocenters.